The molecule has 0 atom stereocenters. The molecule has 0 aliphatic rings. The Bertz CT molecular complexity index is 905. The van der Waals surface area contributed by atoms with Gasteiger partial charge in [-0.1, -0.05) is 30.3 Å². The molecule has 2 heterocycles. The molecule has 0 unspecified atom stereocenters. The summed E-state index contributed by atoms with van der Waals surface area (Å²) in [5.74, 6) is 0. The molecule has 2 aromatic heterocycles. The zero-order valence-electron chi connectivity index (χ0n) is 12.1. The minimum absolute atomic E-state index is 1.10. The Labute approximate surface area is 137 Å². The summed E-state index contributed by atoms with van der Waals surface area (Å²) in [4.78, 5) is 2.57. The summed E-state index contributed by atoms with van der Waals surface area (Å²) in [6.07, 6.45) is 4.07. The second kappa shape index (κ2) is 5.63. The van der Waals surface area contributed by atoms with Gasteiger partial charge in [-0.15, -0.1) is 23.1 Å². The van der Waals surface area contributed by atoms with E-state index in [-0.39, 0.29) is 0 Å². The van der Waals surface area contributed by atoms with Crippen LogP contribution in [0.1, 0.15) is 0 Å². The average molecular weight is 322 g/mol. The van der Waals surface area contributed by atoms with E-state index in [0.29, 0.717) is 0 Å². The normalized spacial score (nSPS) is 11.1. The molecule has 4 rings (SSSR count). The van der Waals surface area contributed by atoms with Crippen molar-refractivity contribution in [1.29, 1.82) is 0 Å². The largest absolute Gasteiger partial charge is 0.232 e. The van der Waals surface area contributed by atoms with E-state index in [1.54, 1.807) is 23.1 Å². The lowest BCUT2D eigenvalue weighted by atomic mass is 10.1. The van der Waals surface area contributed by atoms with Crippen LogP contribution in [0.25, 0.3) is 27.0 Å². The number of fused-ring (bicyclic) bond motifs is 1. The molecule has 2 nitrogen and oxygen atoms in total. The summed E-state index contributed by atoms with van der Waals surface area (Å²) < 4.78 is 2.01. The quantitative estimate of drug-likeness (QED) is 0.465. The van der Waals surface area contributed by atoms with E-state index in [2.05, 4.69) is 53.1 Å². The molecule has 0 aliphatic heterocycles. The second-order valence-corrected chi connectivity index (χ2v) is 6.74. The van der Waals surface area contributed by atoms with Gasteiger partial charge < -0.3 is 0 Å². The lowest BCUT2D eigenvalue weighted by Gasteiger charge is -2.00. The second-order valence-electron chi connectivity index (χ2n) is 4.98. The highest BCUT2D eigenvalue weighted by Gasteiger charge is 2.12. The maximum Gasteiger partial charge on any atom is 0.0854 e. The topological polar surface area (TPSA) is 17.8 Å². The molecule has 0 aliphatic carbocycles. The molecule has 0 saturated carbocycles. The average Bonchev–Trinajstić information content (AvgIpc) is 3.17. The Morgan fingerprint density at radius 2 is 1.77 bits per heavy atom. The number of hydrogen-bond donors (Lipinski definition) is 0. The maximum atomic E-state index is 4.56. The Balaban J connectivity index is 1.82. The highest BCUT2D eigenvalue weighted by Crippen LogP contribution is 2.36. The van der Waals surface area contributed by atoms with E-state index in [0.717, 1.165) is 5.69 Å². The van der Waals surface area contributed by atoms with Gasteiger partial charge in [0, 0.05) is 20.5 Å². The van der Waals surface area contributed by atoms with Crippen LogP contribution in [0, 0.1) is 0 Å². The number of nitrogens with zero attached hydrogens (tertiary/aromatic N) is 2. The van der Waals surface area contributed by atoms with Gasteiger partial charge in [-0.2, -0.15) is 5.10 Å². The predicted octanol–water partition coefficient (Wildman–Crippen LogP) is 5.48. The molecule has 0 N–H and O–H groups in total. The fourth-order valence-corrected chi connectivity index (χ4v) is 3.99. The Morgan fingerprint density at radius 3 is 2.50 bits per heavy atom. The van der Waals surface area contributed by atoms with Crippen molar-refractivity contribution in [3.63, 3.8) is 0 Å². The Hall–Kier alpha value is -2.04. The van der Waals surface area contributed by atoms with Gasteiger partial charge >= 0.3 is 0 Å². The summed E-state index contributed by atoms with van der Waals surface area (Å²) in [6.45, 7) is 0. The van der Waals surface area contributed by atoms with Crippen molar-refractivity contribution >= 4 is 34.0 Å². The molecular formula is C18H14N2S2. The van der Waals surface area contributed by atoms with E-state index < -0.39 is 0 Å². The number of benzene rings is 2. The fraction of sp³-hybridized carbons (Fsp3) is 0.0556. The molecule has 22 heavy (non-hydrogen) atoms. The third-order valence-corrected chi connectivity index (χ3v) is 5.47. The highest BCUT2D eigenvalue weighted by molar-refractivity contribution is 7.98. The summed E-state index contributed by atoms with van der Waals surface area (Å²) in [6, 6.07) is 19.0. The van der Waals surface area contributed by atoms with Crippen molar-refractivity contribution in [3.05, 3.63) is 66.2 Å². The first-order valence-electron chi connectivity index (χ1n) is 7.02. The monoisotopic (exact) mass is 322 g/mol. The highest BCUT2D eigenvalue weighted by atomic mass is 32.2. The summed E-state index contributed by atoms with van der Waals surface area (Å²) >= 11 is 3.54. The predicted molar refractivity (Wildman–Crippen MR) is 96.2 cm³/mol. The smallest absolute Gasteiger partial charge is 0.0854 e. The van der Waals surface area contributed by atoms with Crippen LogP contribution < -0.4 is 0 Å². The van der Waals surface area contributed by atoms with Gasteiger partial charge in [-0.05, 0) is 36.1 Å². The minimum Gasteiger partial charge on any atom is -0.232 e. The lowest BCUT2D eigenvalue weighted by molar-refractivity contribution is 0.911. The molecule has 4 aromatic rings. The van der Waals surface area contributed by atoms with E-state index >= 15 is 0 Å². The molecule has 0 radical (unpaired) electrons. The van der Waals surface area contributed by atoms with Gasteiger partial charge in [0.05, 0.1) is 17.4 Å². The molecule has 0 bridgehead atoms. The van der Waals surface area contributed by atoms with Crippen LogP contribution in [-0.4, -0.2) is 16.0 Å². The van der Waals surface area contributed by atoms with Crippen LogP contribution >= 0.6 is 23.1 Å². The van der Waals surface area contributed by atoms with Crippen LogP contribution in [-0.2, 0) is 0 Å². The molecular weight excluding hydrogens is 308 g/mol. The van der Waals surface area contributed by atoms with E-state index in [4.69, 9.17) is 0 Å². The summed E-state index contributed by atoms with van der Waals surface area (Å²) in [5, 5.41) is 7.97. The van der Waals surface area contributed by atoms with Gasteiger partial charge in [0.25, 0.3) is 0 Å². The molecule has 2 aromatic carbocycles. The van der Waals surface area contributed by atoms with Crippen molar-refractivity contribution < 1.29 is 0 Å². The van der Waals surface area contributed by atoms with Crippen LogP contribution in [0.15, 0.2) is 71.1 Å². The zero-order valence-corrected chi connectivity index (χ0v) is 13.7. The minimum atomic E-state index is 1.10. The Kier molecular flexibility index (Phi) is 3.48. The standard InChI is InChI=1S/C18H14N2S2/c1-21-15-9-7-13(8-10-15)18-16-11-19-20(17(16)12-22-18)14-5-3-2-4-6-14/h2-12H,1H3. The first-order valence-corrected chi connectivity index (χ1v) is 9.12. The van der Waals surface area contributed by atoms with E-state index in [1.807, 2.05) is 29.1 Å². The number of hydrogen-bond acceptors (Lipinski definition) is 3. The van der Waals surface area contributed by atoms with Crippen LogP contribution in [0.5, 0.6) is 0 Å². The third-order valence-electron chi connectivity index (χ3n) is 3.69. The number of thioether (sulfide) groups is 1. The summed E-state index contributed by atoms with van der Waals surface area (Å²) in [5.41, 5.74) is 3.52. The van der Waals surface area contributed by atoms with Crippen molar-refractivity contribution in [1.82, 2.24) is 9.78 Å². The van der Waals surface area contributed by atoms with Crippen LogP contribution in [0.2, 0.25) is 0 Å². The fourth-order valence-electron chi connectivity index (χ4n) is 2.57. The zero-order chi connectivity index (χ0) is 14.9. The summed E-state index contributed by atoms with van der Waals surface area (Å²) in [7, 11) is 0. The van der Waals surface area contributed by atoms with Crippen molar-refractivity contribution in [2.75, 3.05) is 6.26 Å². The SMILES string of the molecule is CSc1ccc(-c2scc3c2cnn3-c2ccccc2)cc1. The van der Waals surface area contributed by atoms with Gasteiger partial charge in [0.1, 0.15) is 0 Å². The van der Waals surface area contributed by atoms with Gasteiger partial charge in [0.15, 0.2) is 0 Å². The van der Waals surface area contributed by atoms with Crippen LogP contribution in [0.3, 0.4) is 0 Å². The van der Waals surface area contributed by atoms with Crippen molar-refractivity contribution in [2.45, 2.75) is 4.90 Å². The molecule has 0 fully saturated rings. The van der Waals surface area contributed by atoms with Gasteiger partial charge in [-0.25, -0.2) is 4.68 Å². The number of thiophene rings is 1. The van der Waals surface area contributed by atoms with E-state index in [1.165, 1.54) is 26.2 Å². The number of para-hydroxylation sites is 1. The molecule has 0 spiro atoms. The number of aromatic nitrogens is 2. The van der Waals surface area contributed by atoms with E-state index in [9.17, 15) is 0 Å². The number of rotatable bonds is 3. The van der Waals surface area contributed by atoms with Gasteiger partial charge in [-0.3, -0.25) is 0 Å². The van der Waals surface area contributed by atoms with Crippen molar-refractivity contribution in [2.24, 2.45) is 0 Å². The van der Waals surface area contributed by atoms with Crippen molar-refractivity contribution in [3.8, 4) is 16.1 Å². The Morgan fingerprint density at radius 1 is 1.00 bits per heavy atom. The molecule has 0 saturated heterocycles. The first-order chi connectivity index (χ1) is 10.9. The third kappa shape index (κ3) is 2.25. The van der Waals surface area contributed by atoms with Gasteiger partial charge in [0.2, 0.25) is 0 Å². The first kappa shape index (κ1) is 13.6. The van der Waals surface area contributed by atoms with Crippen LogP contribution in [0.4, 0.5) is 0 Å². The molecule has 108 valence electrons. The lowest BCUT2D eigenvalue weighted by Crippen LogP contribution is -1.93. The maximum absolute atomic E-state index is 4.56. The molecule has 4 heteroatoms. The molecule has 0 amide bonds.